The number of hydrogen-bond donors (Lipinski definition) is 1. The van der Waals surface area contributed by atoms with E-state index in [4.69, 9.17) is 0 Å². The Labute approximate surface area is 106 Å². The molecule has 1 aromatic carbocycles. The summed E-state index contributed by atoms with van der Waals surface area (Å²) in [6.07, 6.45) is 3.46. The van der Waals surface area contributed by atoms with E-state index in [9.17, 15) is 8.78 Å². The number of anilines is 1. The van der Waals surface area contributed by atoms with E-state index in [0.29, 0.717) is 11.0 Å². The molecule has 0 aliphatic carbocycles. The Morgan fingerprint density at radius 3 is 2.76 bits per heavy atom. The summed E-state index contributed by atoms with van der Waals surface area (Å²) in [5.41, 5.74) is 0.231. The molecule has 0 fully saturated rings. The first-order valence-electron chi connectivity index (χ1n) is 4.92. The third-order valence-corrected chi connectivity index (χ3v) is 2.98. The molecule has 0 saturated heterocycles. The van der Waals surface area contributed by atoms with Crippen LogP contribution in [0.5, 0.6) is 0 Å². The van der Waals surface area contributed by atoms with Gasteiger partial charge in [-0.1, -0.05) is 0 Å². The highest BCUT2D eigenvalue weighted by molar-refractivity contribution is 9.10. The van der Waals surface area contributed by atoms with Crippen molar-refractivity contribution in [3.8, 4) is 0 Å². The number of nitrogens with one attached hydrogen (secondary N) is 1. The number of aryl methyl sites for hydroxylation is 1. The standard InChI is InChI=1S/C11H10BrF2N3/c1-17-3-2-15-10(17)6-16-11-8(12)4-7(13)5-9(11)14/h2-5,16H,6H2,1H3. The minimum Gasteiger partial charge on any atom is -0.375 e. The zero-order valence-electron chi connectivity index (χ0n) is 9.04. The van der Waals surface area contributed by atoms with Gasteiger partial charge in [0.05, 0.1) is 12.2 Å². The zero-order valence-corrected chi connectivity index (χ0v) is 10.6. The first-order chi connectivity index (χ1) is 8.08. The van der Waals surface area contributed by atoms with Crippen molar-refractivity contribution in [2.24, 2.45) is 7.05 Å². The average Bonchev–Trinajstić information content (AvgIpc) is 2.62. The van der Waals surface area contributed by atoms with Crippen LogP contribution >= 0.6 is 15.9 Å². The maximum absolute atomic E-state index is 13.5. The lowest BCUT2D eigenvalue weighted by Gasteiger charge is -2.09. The summed E-state index contributed by atoms with van der Waals surface area (Å²) in [6, 6.07) is 2.05. The molecule has 2 rings (SSSR count). The molecule has 1 aromatic heterocycles. The lowest BCUT2D eigenvalue weighted by Crippen LogP contribution is -2.07. The summed E-state index contributed by atoms with van der Waals surface area (Å²) >= 11 is 3.11. The Morgan fingerprint density at radius 1 is 1.41 bits per heavy atom. The zero-order chi connectivity index (χ0) is 12.4. The average molecular weight is 302 g/mol. The van der Waals surface area contributed by atoms with Crippen molar-refractivity contribution in [2.75, 3.05) is 5.32 Å². The largest absolute Gasteiger partial charge is 0.375 e. The highest BCUT2D eigenvalue weighted by Gasteiger charge is 2.10. The number of benzene rings is 1. The highest BCUT2D eigenvalue weighted by Crippen LogP contribution is 2.27. The fraction of sp³-hybridized carbons (Fsp3) is 0.182. The van der Waals surface area contributed by atoms with Crippen LogP contribution in [0.4, 0.5) is 14.5 Å². The van der Waals surface area contributed by atoms with Gasteiger partial charge in [0.15, 0.2) is 0 Å². The van der Waals surface area contributed by atoms with Crippen LogP contribution in [-0.4, -0.2) is 9.55 Å². The predicted octanol–water partition coefficient (Wildman–Crippen LogP) is 3.07. The minimum atomic E-state index is -0.633. The van der Waals surface area contributed by atoms with Crippen molar-refractivity contribution in [2.45, 2.75) is 6.54 Å². The summed E-state index contributed by atoms with van der Waals surface area (Å²) in [7, 11) is 1.85. The van der Waals surface area contributed by atoms with Gasteiger partial charge in [0.1, 0.15) is 17.5 Å². The predicted molar refractivity (Wildman–Crippen MR) is 64.6 cm³/mol. The third kappa shape index (κ3) is 2.63. The molecule has 0 saturated carbocycles. The highest BCUT2D eigenvalue weighted by atomic mass is 79.9. The monoisotopic (exact) mass is 301 g/mol. The molecule has 0 aliphatic heterocycles. The van der Waals surface area contributed by atoms with Gasteiger partial charge in [-0.3, -0.25) is 0 Å². The van der Waals surface area contributed by atoms with Gasteiger partial charge < -0.3 is 9.88 Å². The lowest BCUT2D eigenvalue weighted by molar-refractivity contribution is 0.583. The molecule has 90 valence electrons. The summed E-state index contributed by atoms with van der Waals surface area (Å²) in [5, 5.41) is 2.88. The van der Waals surface area contributed by atoms with Crippen molar-refractivity contribution < 1.29 is 8.78 Å². The summed E-state index contributed by atoms with van der Waals surface area (Å²) in [4.78, 5) is 4.10. The van der Waals surface area contributed by atoms with Crippen LogP contribution in [0.1, 0.15) is 5.82 Å². The number of rotatable bonds is 3. The molecule has 0 radical (unpaired) electrons. The van der Waals surface area contributed by atoms with E-state index < -0.39 is 11.6 Å². The molecule has 0 aliphatic rings. The van der Waals surface area contributed by atoms with E-state index >= 15 is 0 Å². The Hall–Kier alpha value is -1.43. The number of halogens is 3. The topological polar surface area (TPSA) is 29.9 Å². The molecule has 1 heterocycles. The Bertz CT molecular complexity index is 516. The molecule has 6 heteroatoms. The smallest absolute Gasteiger partial charge is 0.150 e. The second-order valence-electron chi connectivity index (χ2n) is 3.55. The van der Waals surface area contributed by atoms with Crippen molar-refractivity contribution in [3.63, 3.8) is 0 Å². The number of nitrogens with zero attached hydrogens (tertiary/aromatic N) is 2. The fourth-order valence-corrected chi connectivity index (χ4v) is 1.99. The Morgan fingerprint density at radius 2 is 2.18 bits per heavy atom. The molecule has 1 N–H and O–H groups in total. The molecule has 0 atom stereocenters. The molecule has 0 bridgehead atoms. The van der Waals surface area contributed by atoms with E-state index in [1.54, 1.807) is 12.4 Å². The molecular formula is C11H10BrF2N3. The van der Waals surface area contributed by atoms with Gasteiger partial charge in [0, 0.05) is 30.0 Å². The van der Waals surface area contributed by atoms with Crippen LogP contribution in [0.2, 0.25) is 0 Å². The van der Waals surface area contributed by atoms with E-state index in [2.05, 4.69) is 26.2 Å². The summed E-state index contributed by atoms with van der Waals surface area (Å²) < 4.78 is 28.5. The second kappa shape index (κ2) is 4.83. The SMILES string of the molecule is Cn1ccnc1CNc1c(F)cc(F)cc1Br. The third-order valence-electron chi connectivity index (χ3n) is 2.35. The van der Waals surface area contributed by atoms with Crippen molar-refractivity contribution in [1.29, 1.82) is 0 Å². The van der Waals surface area contributed by atoms with Gasteiger partial charge in [0.2, 0.25) is 0 Å². The van der Waals surface area contributed by atoms with Gasteiger partial charge in [-0.15, -0.1) is 0 Å². The second-order valence-corrected chi connectivity index (χ2v) is 4.41. The van der Waals surface area contributed by atoms with E-state index in [0.717, 1.165) is 11.9 Å². The quantitative estimate of drug-likeness (QED) is 0.944. The first-order valence-corrected chi connectivity index (χ1v) is 5.72. The van der Waals surface area contributed by atoms with Crippen molar-refractivity contribution >= 4 is 21.6 Å². The number of aromatic nitrogens is 2. The van der Waals surface area contributed by atoms with Gasteiger partial charge >= 0.3 is 0 Å². The van der Waals surface area contributed by atoms with E-state index in [1.165, 1.54) is 6.07 Å². The molecule has 2 aromatic rings. The maximum Gasteiger partial charge on any atom is 0.150 e. The van der Waals surface area contributed by atoms with Crippen LogP contribution in [0.15, 0.2) is 29.0 Å². The maximum atomic E-state index is 13.5. The van der Waals surface area contributed by atoms with Crippen LogP contribution < -0.4 is 5.32 Å². The molecule has 0 spiro atoms. The molecule has 17 heavy (non-hydrogen) atoms. The van der Waals surface area contributed by atoms with Crippen molar-refractivity contribution in [3.05, 3.63) is 46.5 Å². The normalized spacial score (nSPS) is 10.6. The van der Waals surface area contributed by atoms with Gasteiger partial charge in [-0.25, -0.2) is 13.8 Å². The van der Waals surface area contributed by atoms with Crippen molar-refractivity contribution in [1.82, 2.24) is 9.55 Å². The van der Waals surface area contributed by atoms with Crippen LogP contribution in [0, 0.1) is 11.6 Å². The molecule has 0 unspecified atom stereocenters. The lowest BCUT2D eigenvalue weighted by atomic mass is 10.3. The first kappa shape index (κ1) is 12.0. The Kier molecular flexibility index (Phi) is 3.42. The van der Waals surface area contributed by atoms with Crippen LogP contribution in [0.3, 0.4) is 0 Å². The summed E-state index contributed by atoms with van der Waals surface area (Å²) in [6.45, 7) is 0.366. The van der Waals surface area contributed by atoms with E-state index in [-0.39, 0.29) is 5.69 Å². The van der Waals surface area contributed by atoms with Crippen LogP contribution in [0.25, 0.3) is 0 Å². The molecular weight excluding hydrogens is 292 g/mol. The Balaban J connectivity index is 2.17. The van der Waals surface area contributed by atoms with Gasteiger partial charge in [0.25, 0.3) is 0 Å². The number of imidazole rings is 1. The molecule has 3 nitrogen and oxygen atoms in total. The van der Waals surface area contributed by atoms with E-state index in [1.807, 2.05) is 11.6 Å². The summed E-state index contributed by atoms with van der Waals surface area (Å²) in [5.74, 6) is -0.483. The van der Waals surface area contributed by atoms with Crippen LogP contribution in [-0.2, 0) is 13.6 Å². The fourth-order valence-electron chi connectivity index (χ4n) is 1.45. The van der Waals surface area contributed by atoms with Gasteiger partial charge in [-0.2, -0.15) is 0 Å². The number of hydrogen-bond acceptors (Lipinski definition) is 2. The molecule has 0 amide bonds. The van der Waals surface area contributed by atoms with Gasteiger partial charge in [-0.05, 0) is 22.0 Å². The minimum absolute atomic E-state index is 0.231.